The van der Waals surface area contributed by atoms with Gasteiger partial charge in [-0.3, -0.25) is 9.00 Å². The van der Waals surface area contributed by atoms with Gasteiger partial charge < -0.3 is 11.1 Å². The molecule has 0 aliphatic carbocycles. The third-order valence-corrected chi connectivity index (χ3v) is 2.92. The molecule has 3 unspecified atom stereocenters. The second-order valence-corrected chi connectivity index (χ2v) is 5.56. The summed E-state index contributed by atoms with van der Waals surface area (Å²) in [5, 5.41) is 2.81. The highest BCUT2D eigenvalue weighted by Gasteiger charge is 2.08. The van der Waals surface area contributed by atoms with E-state index in [2.05, 4.69) is 5.32 Å². The summed E-state index contributed by atoms with van der Waals surface area (Å²) in [6.07, 6.45) is 3.81. The van der Waals surface area contributed by atoms with Crippen LogP contribution < -0.4 is 11.1 Å². The molecule has 0 bridgehead atoms. The zero-order valence-corrected chi connectivity index (χ0v) is 10.6. The molecule has 0 aromatic heterocycles. The van der Waals surface area contributed by atoms with Crippen molar-refractivity contribution in [3.63, 3.8) is 0 Å². The van der Waals surface area contributed by atoms with Crippen molar-refractivity contribution < 1.29 is 9.00 Å². The summed E-state index contributed by atoms with van der Waals surface area (Å²) < 4.78 is 10.9. The van der Waals surface area contributed by atoms with Crippen molar-refractivity contribution in [1.29, 1.82) is 0 Å². The number of nitrogens with two attached hydrogens (primary N) is 1. The zero-order valence-electron chi connectivity index (χ0n) is 9.79. The fourth-order valence-electron chi connectivity index (χ4n) is 1.33. The molecule has 0 heterocycles. The van der Waals surface area contributed by atoms with Crippen LogP contribution in [0.3, 0.4) is 0 Å². The third-order valence-electron chi connectivity index (χ3n) is 1.96. The molecule has 0 aromatic carbocycles. The first-order valence-corrected chi connectivity index (χ1v) is 6.99. The highest BCUT2D eigenvalue weighted by Crippen LogP contribution is 1.98. The van der Waals surface area contributed by atoms with E-state index in [0.29, 0.717) is 12.2 Å². The monoisotopic (exact) mass is 234 g/mol. The maximum Gasteiger partial charge on any atom is 0.220 e. The first kappa shape index (κ1) is 14.6. The van der Waals surface area contributed by atoms with Crippen molar-refractivity contribution in [2.45, 2.75) is 45.2 Å². The van der Waals surface area contributed by atoms with Crippen LogP contribution >= 0.6 is 0 Å². The van der Waals surface area contributed by atoms with Crippen LogP contribution in [0.2, 0.25) is 0 Å². The second kappa shape index (κ2) is 7.82. The minimum atomic E-state index is -0.860. The molecule has 3 N–H and O–H groups in total. The Kier molecular flexibility index (Phi) is 7.60. The molecule has 0 rings (SSSR count). The molecule has 0 aliphatic rings. The molecule has 0 aliphatic heterocycles. The van der Waals surface area contributed by atoms with Gasteiger partial charge in [0, 0.05) is 41.3 Å². The molecule has 0 saturated heterocycles. The van der Waals surface area contributed by atoms with E-state index in [1.54, 1.807) is 6.26 Å². The van der Waals surface area contributed by atoms with E-state index >= 15 is 0 Å². The lowest BCUT2D eigenvalue weighted by Crippen LogP contribution is -2.36. The fourth-order valence-corrected chi connectivity index (χ4v) is 2.11. The van der Waals surface area contributed by atoms with Crippen molar-refractivity contribution in [3.05, 3.63) is 0 Å². The summed E-state index contributed by atoms with van der Waals surface area (Å²) in [7, 11) is -0.860. The standard InChI is InChI=1S/C10H22N2O2S/c1-8(11)5-4-6-10(13)12-9(2)7-15(3)14/h8-9H,4-7,11H2,1-3H3,(H,12,13). The van der Waals surface area contributed by atoms with Gasteiger partial charge in [0.1, 0.15) is 0 Å². The first-order chi connectivity index (χ1) is 6.91. The van der Waals surface area contributed by atoms with E-state index in [1.165, 1.54) is 0 Å². The molecule has 0 saturated carbocycles. The smallest absolute Gasteiger partial charge is 0.220 e. The Morgan fingerprint density at radius 3 is 2.53 bits per heavy atom. The van der Waals surface area contributed by atoms with Crippen molar-refractivity contribution in [2.75, 3.05) is 12.0 Å². The van der Waals surface area contributed by atoms with Crippen LogP contribution in [-0.2, 0) is 15.6 Å². The van der Waals surface area contributed by atoms with Crippen molar-refractivity contribution >= 4 is 16.7 Å². The largest absolute Gasteiger partial charge is 0.353 e. The number of rotatable bonds is 7. The Morgan fingerprint density at radius 1 is 1.47 bits per heavy atom. The second-order valence-electron chi connectivity index (χ2n) is 4.08. The van der Waals surface area contributed by atoms with E-state index in [1.807, 2.05) is 13.8 Å². The average Bonchev–Trinajstić information content (AvgIpc) is 2.00. The van der Waals surface area contributed by atoms with Crippen LogP contribution in [-0.4, -0.2) is 34.2 Å². The molecule has 15 heavy (non-hydrogen) atoms. The minimum Gasteiger partial charge on any atom is -0.353 e. The van der Waals surface area contributed by atoms with E-state index in [4.69, 9.17) is 5.73 Å². The predicted octanol–water partition coefficient (Wildman–Crippen LogP) is 0.387. The highest BCUT2D eigenvalue weighted by molar-refractivity contribution is 7.84. The Hall–Kier alpha value is -0.420. The van der Waals surface area contributed by atoms with E-state index in [9.17, 15) is 9.00 Å². The van der Waals surface area contributed by atoms with Gasteiger partial charge in [-0.1, -0.05) is 0 Å². The molecule has 0 spiro atoms. The summed E-state index contributed by atoms with van der Waals surface area (Å²) >= 11 is 0. The van der Waals surface area contributed by atoms with Gasteiger partial charge in [0.05, 0.1) is 0 Å². The number of hydrogen-bond acceptors (Lipinski definition) is 3. The van der Waals surface area contributed by atoms with Gasteiger partial charge in [-0.05, 0) is 26.7 Å². The Labute approximate surface area is 94.4 Å². The number of amides is 1. The Morgan fingerprint density at radius 2 is 2.07 bits per heavy atom. The van der Waals surface area contributed by atoms with Gasteiger partial charge >= 0.3 is 0 Å². The summed E-state index contributed by atoms with van der Waals surface area (Å²) in [6.45, 7) is 3.80. The van der Waals surface area contributed by atoms with Crippen molar-refractivity contribution in [1.82, 2.24) is 5.32 Å². The molecule has 90 valence electrons. The SMILES string of the molecule is CC(N)CCCC(=O)NC(C)CS(C)=O. The molecule has 4 nitrogen and oxygen atoms in total. The predicted molar refractivity (Wildman–Crippen MR) is 64.0 cm³/mol. The zero-order chi connectivity index (χ0) is 11.8. The lowest BCUT2D eigenvalue weighted by atomic mass is 10.1. The topological polar surface area (TPSA) is 72.2 Å². The van der Waals surface area contributed by atoms with Gasteiger partial charge in [-0.25, -0.2) is 0 Å². The lowest BCUT2D eigenvalue weighted by molar-refractivity contribution is -0.121. The molecule has 0 fully saturated rings. The van der Waals surface area contributed by atoms with Crippen LogP contribution in [0.25, 0.3) is 0 Å². The van der Waals surface area contributed by atoms with Crippen molar-refractivity contribution in [2.24, 2.45) is 5.73 Å². The van der Waals surface area contributed by atoms with Crippen molar-refractivity contribution in [3.8, 4) is 0 Å². The maximum absolute atomic E-state index is 11.4. The minimum absolute atomic E-state index is 0.0152. The summed E-state index contributed by atoms with van der Waals surface area (Å²) in [6, 6.07) is 0.136. The lowest BCUT2D eigenvalue weighted by Gasteiger charge is -2.12. The van der Waals surface area contributed by atoms with Crippen LogP contribution in [0.4, 0.5) is 0 Å². The highest BCUT2D eigenvalue weighted by atomic mass is 32.2. The normalized spacial score (nSPS) is 16.8. The summed E-state index contributed by atoms with van der Waals surface area (Å²) in [5.41, 5.74) is 5.57. The van der Waals surface area contributed by atoms with E-state index in [0.717, 1.165) is 12.8 Å². The van der Waals surface area contributed by atoms with Crippen LogP contribution in [0, 0.1) is 0 Å². The first-order valence-electron chi connectivity index (χ1n) is 5.26. The maximum atomic E-state index is 11.4. The molecule has 3 atom stereocenters. The number of carbonyl (C=O) groups excluding carboxylic acids is 1. The molecular formula is C10H22N2O2S. The van der Waals surface area contributed by atoms with Gasteiger partial charge in [0.25, 0.3) is 0 Å². The van der Waals surface area contributed by atoms with E-state index < -0.39 is 10.8 Å². The average molecular weight is 234 g/mol. The van der Waals surface area contributed by atoms with Gasteiger partial charge in [0.15, 0.2) is 0 Å². The van der Waals surface area contributed by atoms with Gasteiger partial charge in [-0.15, -0.1) is 0 Å². The molecule has 0 radical (unpaired) electrons. The number of carbonyl (C=O) groups is 1. The molecule has 0 aromatic rings. The van der Waals surface area contributed by atoms with Crippen LogP contribution in [0.5, 0.6) is 0 Å². The number of hydrogen-bond donors (Lipinski definition) is 2. The van der Waals surface area contributed by atoms with Gasteiger partial charge in [0.2, 0.25) is 5.91 Å². The summed E-state index contributed by atoms with van der Waals surface area (Å²) in [4.78, 5) is 11.4. The fraction of sp³-hybridized carbons (Fsp3) is 0.900. The number of nitrogens with one attached hydrogen (secondary N) is 1. The Bertz CT molecular complexity index is 219. The van der Waals surface area contributed by atoms with Crippen LogP contribution in [0.15, 0.2) is 0 Å². The summed E-state index contributed by atoms with van der Waals surface area (Å²) in [5.74, 6) is 0.535. The van der Waals surface area contributed by atoms with Gasteiger partial charge in [-0.2, -0.15) is 0 Å². The quantitative estimate of drug-likeness (QED) is 0.669. The third kappa shape index (κ3) is 9.87. The molecule has 1 amide bonds. The van der Waals surface area contributed by atoms with E-state index in [-0.39, 0.29) is 18.0 Å². The molecule has 5 heteroatoms. The molecular weight excluding hydrogens is 212 g/mol. The van der Waals surface area contributed by atoms with Crippen LogP contribution in [0.1, 0.15) is 33.1 Å². The Balaban J connectivity index is 3.60.